The van der Waals surface area contributed by atoms with Crippen LogP contribution in [0.3, 0.4) is 0 Å². The summed E-state index contributed by atoms with van der Waals surface area (Å²) >= 11 is 0. The predicted octanol–water partition coefficient (Wildman–Crippen LogP) is 4.56. The molecule has 9 heteroatoms. The molecule has 0 fully saturated rings. The zero-order valence-corrected chi connectivity index (χ0v) is 20.6. The summed E-state index contributed by atoms with van der Waals surface area (Å²) in [6.07, 6.45) is 2.47. The van der Waals surface area contributed by atoms with Crippen molar-refractivity contribution in [3.63, 3.8) is 0 Å². The molecule has 0 atom stereocenters. The molecule has 2 N–H and O–H groups in total. The molecule has 0 aliphatic rings. The maximum atomic E-state index is 13.0. The molecule has 1 amide bonds. The SMILES string of the molecule is C=CCc1ccc(OCC(=O)Nc2ccc(C)c(S(=O)(=O)Nc3ccc(OC)cc3)c2)c(OC)c1. The van der Waals surface area contributed by atoms with Gasteiger partial charge in [0.1, 0.15) is 5.75 Å². The Morgan fingerprint density at radius 3 is 2.31 bits per heavy atom. The van der Waals surface area contributed by atoms with Crippen LogP contribution in [0.2, 0.25) is 0 Å². The lowest BCUT2D eigenvalue weighted by atomic mass is 10.1. The van der Waals surface area contributed by atoms with E-state index in [1.54, 1.807) is 55.5 Å². The minimum Gasteiger partial charge on any atom is -0.497 e. The van der Waals surface area contributed by atoms with E-state index >= 15 is 0 Å². The molecule has 0 aliphatic heterocycles. The summed E-state index contributed by atoms with van der Waals surface area (Å²) in [5, 5.41) is 2.67. The highest BCUT2D eigenvalue weighted by Crippen LogP contribution is 2.29. The number of methoxy groups -OCH3 is 2. The summed E-state index contributed by atoms with van der Waals surface area (Å²) in [6.45, 7) is 5.12. The minimum atomic E-state index is -3.89. The predicted molar refractivity (Wildman–Crippen MR) is 136 cm³/mol. The van der Waals surface area contributed by atoms with Gasteiger partial charge >= 0.3 is 0 Å². The van der Waals surface area contributed by atoms with Gasteiger partial charge in [-0.05, 0) is 73.0 Å². The molecule has 0 radical (unpaired) electrons. The first-order valence-corrected chi connectivity index (χ1v) is 12.2. The Kier molecular flexibility index (Phi) is 8.38. The topological polar surface area (TPSA) is 103 Å². The summed E-state index contributed by atoms with van der Waals surface area (Å²) < 4.78 is 44.5. The van der Waals surface area contributed by atoms with Crippen LogP contribution in [-0.4, -0.2) is 35.2 Å². The van der Waals surface area contributed by atoms with Gasteiger partial charge < -0.3 is 19.5 Å². The van der Waals surface area contributed by atoms with Gasteiger partial charge in [-0.2, -0.15) is 0 Å². The molecular formula is C26H28N2O6S. The molecule has 0 unspecified atom stereocenters. The third-order valence-electron chi connectivity index (χ3n) is 5.07. The van der Waals surface area contributed by atoms with E-state index in [9.17, 15) is 13.2 Å². The lowest BCUT2D eigenvalue weighted by Crippen LogP contribution is -2.21. The Balaban J connectivity index is 1.69. The summed E-state index contributed by atoms with van der Waals surface area (Å²) in [7, 11) is -0.838. The number of sulfonamides is 1. The highest BCUT2D eigenvalue weighted by Gasteiger charge is 2.18. The van der Waals surface area contributed by atoms with E-state index in [2.05, 4.69) is 16.6 Å². The fourth-order valence-corrected chi connectivity index (χ4v) is 4.63. The number of carbonyl (C=O) groups is 1. The fourth-order valence-electron chi connectivity index (χ4n) is 3.30. The van der Waals surface area contributed by atoms with Crippen LogP contribution >= 0.6 is 0 Å². The van der Waals surface area contributed by atoms with Crippen molar-refractivity contribution in [2.45, 2.75) is 18.2 Å². The van der Waals surface area contributed by atoms with Crippen LogP contribution in [0.15, 0.2) is 78.2 Å². The van der Waals surface area contributed by atoms with Gasteiger partial charge in [-0.25, -0.2) is 8.42 Å². The largest absolute Gasteiger partial charge is 0.497 e. The van der Waals surface area contributed by atoms with E-state index in [0.29, 0.717) is 40.6 Å². The molecule has 0 heterocycles. The van der Waals surface area contributed by atoms with Gasteiger partial charge in [-0.15, -0.1) is 6.58 Å². The molecular weight excluding hydrogens is 468 g/mol. The number of amides is 1. The van der Waals surface area contributed by atoms with Crippen molar-refractivity contribution in [1.82, 2.24) is 0 Å². The molecule has 3 rings (SSSR count). The summed E-state index contributed by atoms with van der Waals surface area (Å²) in [5.41, 5.74) is 2.25. The van der Waals surface area contributed by atoms with E-state index in [0.717, 1.165) is 5.56 Å². The Bertz CT molecular complexity index is 1300. The van der Waals surface area contributed by atoms with E-state index < -0.39 is 15.9 Å². The minimum absolute atomic E-state index is 0.0477. The molecule has 0 saturated carbocycles. The molecule has 0 aromatic heterocycles. The van der Waals surface area contributed by atoms with Crippen molar-refractivity contribution >= 4 is 27.3 Å². The molecule has 35 heavy (non-hydrogen) atoms. The summed E-state index contributed by atoms with van der Waals surface area (Å²) in [5.74, 6) is 1.09. The second-order valence-corrected chi connectivity index (χ2v) is 9.28. The van der Waals surface area contributed by atoms with E-state index in [-0.39, 0.29) is 11.5 Å². The molecule has 0 saturated heterocycles. The van der Waals surface area contributed by atoms with Crippen molar-refractivity contribution < 1.29 is 27.4 Å². The van der Waals surface area contributed by atoms with Crippen LogP contribution in [0.1, 0.15) is 11.1 Å². The molecule has 0 aliphatic carbocycles. The standard InChI is InChI=1S/C26H28N2O6S/c1-5-6-19-8-14-23(24(15-19)33-4)34-17-26(29)27-21-9-7-18(2)25(16-21)35(30,31)28-20-10-12-22(32-3)13-11-20/h5,7-16,28H,1,6,17H2,2-4H3,(H,27,29). The molecule has 8 nitrogen and oxygen atoms in total. The zero-order chi connectivity index (χ0) is 25.4. The van der Waals surface area contributed by atoms with E-state index in [1.165, 1.54) is 20.3 Å². The molecule has 0 bridgehead atoms. The third-order valence-corrected chi connectivity index (χ3v) is 6.59. The highest BCUT2D eigenvalue weighted by atomic mass is 32.2. The van der Waals surface area contributed by atoms with Crippen molar-refractivity contribution in [2.75, 3.05) is 30.9 Å². The summed E-state index contributed by atoms with van der Waals surface area (Å²) in [4.78, 5) is 12.5. The second-order valence-electron chi connectivity index (χ2n) is 7.63. The number of aryl methyl sites for hydroxylation is 1. The molecule has 184 valence electrons. The van der Waals surface area contributed by atoms with Gasteiger partial charge in [0.15, 0.2) is 18.1 Å². The van der Waals surface area contributed by atoms with Gasteiger partial charge in [0.2, 0.25) is 0 Å². The summed E-state index contributed by atoms with van der Waals surface area (Å²) in [6, 6.07) is 16.6. The monoisotopic (exact) mass is 496 g/mol. The zero-order valence-electron chi connectivity index (χ0n) is 19.8. The van der Waals surface area contributed by atoms with Crippen LogP contribution in [0, 0.1) is 6.92 Å². The lowest BCUT2D eigenvalue weighted by molar-refractivity contribution is -0.118. The number of hydrogen-bond donors (Lipinski definition) is 2. The van der Waals surface area contributed by atoms with Crippen LogP contribution in [0.4, 0.5) is 11.4 Å². The first-order chi connectivity index (χ1) is 16.7. The van der Waals surface area contributed by atoms with Crippen molar-refractivity contribution in [2.24, 2.45) is 0 Å². The number of ether oxygens (including phenoxy) is 3. The van der Waals surface area contributed by atoms with Crippen LogP contribution < -0.4 is 24.2 Å². The number of benzene rings is 3. The van der Waals surface area contributed by atoms with Crippen LogP contribution in [0.25, 0.3) is 0 Å². The van der Waals surface area contributed by atoms with Crippen molar-refractivity contribution in [1.29, 1.82) is 0 Å². The number of hydrogen-bond acceptors (Lipinski definition) is 6. The number of allylic oxidation sites excluding steroid dienone is 1. The molecule has 0 spiro atoms. The third kappa shape index (κ3) is 6.77. The quantitative estimate of drug-likeness (QED) is 0.377. The Morgan fingerprint density at radius 1 is 0.943 bits per heavy atom. The lowest BCUT2D eigenvalue weighted by Gasteiger charge is -2.14. The fraction of sp³-hybridized carbons (Fsp3) is 0.192. The molecule has 3 aromatic rings. The van der Waals surface area contributed by atoms with Crippen LogP contribution in [-0.2, 0) is 21.2 Å². The van der Waals surface area contributed by atoms with Gasteiger partial charge in [0.05, 0.1) is 19.1 Å². The average Bonchev–Trinajstić information content (AvgIpc) is 2.84. The average molecular weight is 497 g/mol. The van der Waals surface area contributed by atoms with Crippen molar-refractivity contribution in [3.8, 4) is 17.2 Å². The first kappa shape index (κ1) is 25.6. The van der Waals surface area contributed by atoms with Gasteiger partial charge in [0.25, 0.3) is 15.9 Å². The van der Waals surface area contributed by atoms with Gasteiger partial charge in [-0.3, -0.25) is 9.52 Å². The number of anilines is 2. The van der Waals surface area contributed by atoms with Crippen molar-refractivity contribution in [3.05, 3.63) is 84.4 Å². The Hall–Kier alpha value is -3.98. The number of nitrogens with one attached hydrogen (secondary N) is 2. The highest BCUT2D eigenvalue weighted by molar-refractivity contribution is 7.92. The van der Waals surface area contributed by atoms with Gasteiger partial charge in [-0.1, -0.05) is 18.2 Å². The number of rotatable bonds is 11. The Morgan fingerprint density at radius 2 is 1.66 bits per heavy atom. The smallest absolute Gasteiger partial charge is 0.262 e. The first-order valence-electron chi connectivity index (χ1n) is 10.7. The van der Waals surface area contributed by atoms with E-state index in [1.807, 2.05) is 12.1 Å². The maximum Gasteiger partial charge on any atom is 0.262 e. The Labute approximate surface area is 205 Å². The second kappa shape index (κ2) is 11.4. The normalized spacial score (nSPS) is 10.8. The van der Waals surface area contributed by atoms with Crippen LogP contribution in [0.5, 0.6) is 17.2 Å². The van der Waals surface area contributed by atoms with Gasteiger partial charge in [0, 0.05) is 11.4 Å². The maximum absolute atomic E-state index is 13.0. The number of carbonyl (C=O) groups excluding carboxylic acids is 1. The molecule has 3 aromatic carbocycles. The van der Waals surface area contributed by atoms with E-state index in [4.69, 9.17) is 14.2 Å².